The molecule has 1 amide bonds. The molecule has 0 aliphatic carbocycles. The van der Waals surface area contributed by atoms with E-state index in [0.717, 1.165) is 11.3 Å². The second-order valence-corrected chi connectivity index (χ2v) is 8.88. The van der Waals surface area contributed by atoms with Crippen LogP contribution in [0.1, 0.15) is 42.9 Å². The largest absolute Gasteiger partial charge is 0.491 e. The fourth-order valence-electron chi connectivity index (χ4n) is 3.76. The second kappa shape index (κ2) is 9.16. The van der Waals surface area contributed by atoms with E-state index in [1.54, 1.807) is 29.8 Å². The molecule has 2 heterocycles. The molecule has 0 fully saturated rings. The van der Waals surface area contributed by atoms with E-state index in [2.05, 4.69) is 10.3 Å². The number of hydrogen-bond acceptors (Lipinski definition) is 5. The molecule has 8 heteroatoms. The van der Waals surface area contributed by atoms with Crippen LogP contribution in [0.4, 0.5) is 10.2 Å². The van der Waals surface area contributed by atoms with Gasteiger partial charge in [0.05, 0.1) is 11.7 Å². The van der Waals surface area contributed by atoms with Gasteiger partial charge in [-0.25, -0.2) is 4.39 Å². The van der Waals surface area contributed by atoms with Crippen LogP contribution in [0.25, 0.3) is 0 Å². The van der Waals surface area contributed by atoms with Crippen molar-refractivity contribution in [1.82, 2.24) is 9.55 Å². The number of hydrogen-bond donors (Lipinski definition) is 1. The number of nitrogens with one attached hydrogen (secondary N) is 1. The molecule has 1 aliphatic rings. The quantitative estimate of drug-likeness (QED) is 0.440. The third-order valence-corrected chi connectivity index (χ3v) is 6.35. The first-order valence-corrected chi connectivity index (χ1v) is 11.4. The summed E-state index contributed by atoms with van der Waals surface area (Å²) in [7, 11) is 1.75. The zero-order valence-electron chi connectivity index (χ0n) is 18.1. The Kier molecular flexibility index (Phi) is 6.32. The van der Waals surface area contributed by atoms with Gasteiger partial charge in [0.2, 0.25) is 5.91 Å². The van der Waals surface area contributed by atoms with Gasteiger partial charge in [0.15, 0.2) is 5.16 Å². The molecule has 1 aromatic heterocycles. The highest BCUT2D eigenvalue weighted by Crippen LogP contribution is 2.36. The SMILES string of the molecule is CC(C)Oc1ccc(C2CC(=O)Nc3c2c(=O)nc(SCc2ccccc2F)n3C)cc1. The van der Waals surface area contributed by atoms with Crippen LogP contribution in [-0.4, -0.2) is 21.6 Å². The van der Waals surface area contributed by atoms with Gasteiger partial charge >= 0.3 is 0 Å². The Morgan fingerprint density at radius 1 is 1.19 bits per heavy atom. The lowest BCUT2D eigenvalue weighted by Gasteiger charge is -2.27. The van der Waals surface area contributed by atoms with Crippen molar-refractivity contribution >= 4 is 23.5 Å². The monoisotopic (exact) mass is 453 g/mol. The molecule has 0 bridgehead atoms. The number of carbonyl (C=O) groups excluding carboxylic acids is 1. The molecule has 1 unspecified atom stereocenters. The van der Waals surface area contributed by atoms with Gasteiger partial charge in [-0.05, 0) is 43.2 Å². The summed E-state index contributed by atoms with van der Waals surface area (Å²) >= 11 is 1.25. The van der Waals surface area contributed by atoms with Gasteiger partial charge in [-0.15, -0.1) is 0 Å². The van der Waals surface area contributed by atoms with Crippen LogP contribution in [0.15, 0.2) is 58.5 Å². The Bertz CT molecular complexity index is 1210. The summed E-state index contributed by atoms with van der Waals surface area (Å²) in [5, 5.41) is 3.24. The van der Waals surface area contributed by atoms with Crippen molar-refractivity contribution in [2.45, 2.75) is 43.2 Å². The van der Waals surface area contributed by atoms with Crippen LogP contribution in [0, 0.1) is 5.82 Å². The zero-order valence-corrected chi connectivity index (χ0v) is 18.9. The van der Waals surface area contributed by atoms with E-state index in [4.69, 9.17) is 4.74 Å². The van der Waals surface area contributed by atoms with Gasteiger partial charge in [0.25, 0.3) is 5.56 Å². The minimum absolute atomic E-state index is 0.0545. The second-order valence-electron chi connectivity index (χ2n) is 7.94. The zero-order chi connectivity index (χ0) is 22.8. The number of amides is 1. The summed E-state index contributed by atoms with van der Waals surface area (Å²) in [5.74, 6) is 0.613. The number of halogens is 1. The maximum absolute atomic E-state index is 14.0. The van der Waals surface area contributed by atoms with E-state index >= 15 is 0 Å². The van der Waals surface area contributed by atoms with E-state index in [1.165, 1.54) is 17.8 Å². The van der Waals surface area contributed by atoms with Crippen molar-refractivity contribution in [2.75, 3.05) is 5.32 Å². The number of carbonyl (C=O) groups is 1. The van der Waals surface area contributed by atoms with Gasteiger partial charge in [-0.3, -0.25) is 9.59 Å². The molecule has 32 heavy (non-hydrogen) atoms. The topological polar surface area (TPSA) is 73.2 Å². The van der Waals surface area contributed by atoms with Gasteiger partial charge in [0.1, 0.15) is 17.4 Å². The first-order valence-electron chi connectivity index (χ1n) is 10.4. The number of rotatable bonds is 6. The Morgan fingerprint density at radius 3 is 2.59 bits per heavy atom. The summed E-state index contributed by atoms with van der Waals surface area (Å²) in [6.07, 6.45) is 0.217. The smallest absolute Gasteiger partial charge is 0.279 e. The standard InChI is InChI=1S/C24H24FN3O3S/c1-14(2)31-17-10-8-15(9-11-17)18-12-20(29)26-22-21(18)23(30)27-24(28(22)3)32-13-16-6-4-5-7-19(16)25/h4-11,14,18H,12-13H2,1-3H3,(H,26,29). The van der Waals surface area contributed by atoms with E-state index in [9.17, 15) is 14.0 Å². The van der Waals surface area contributed by atoms with Crippen LogP contribution < -0.4 is 15.6 Å². The lowest BCUT2D eigenvalue weighted by atomic mass is 9.87. The number of nitrogens with zero attached hydrogens (tertiary/aromatic N) is 2. The number of aromatic nitrogens is 2. The average Bonchev–Trinajstić information content (AvgIpc) is 2.75. The van der Waals surface area contributed by atoms with Crippen molar-refractivity contribution in [1.29, 1.82) is 0 Å². The summed E-state index contributed by atoms with van der Waals surface area (Å²) in [6.45, 7) is 3.90. The highest BCUT2D eigenvalue weighted by molar-refractivity contribution is 7.98. The molecule has 6 nitrogen and oxygen atoms in total. The molecule has 0 saturated carbocycles. The van der Waals surface area contributed by atoms with Gasteiger partial charge in [-0.1, -0.05) is 42.1 Å². The van der Waals surface area contributed by atoms with Crippen molar-refractivity contribution in [2.24, 2.45) is 7.05 Å². The predicted octanol–water partition coefficient (Wildman–Crippen LogP) is 4.47. The van der Waals surface area contributed by atoms with Gasteiger partial charge < -0.3 is 14.6 Å². The first kappa shape index (κ1) is 22.1. The Morgan fingerprint density at radius 2 is 1.91 bits per heavy atom. The molecule has 4 rings (SSSR count). The lowest BCUT2D eigenvalue weighted by Crippen LogP contribution is -2.33. The third kappa shape index (κ3) is 4.55. The number of ether oxygens (including phenoxy) is 1. The maximum atomic E-state index is 14.0. The van der Waals surface area contributed by atoms with Crippen LogP contribution >= 0.6 is 11.8 Å². The molecule has 166 valence electrons. The lowest BCUT2D eigenvalue weighted by molar-refractivity contribution is -0.116. The minimum atomic E-state index is -0.399. The molecule has 3 aromatic rings. The van der Waals surface area contributed by atoms with Crippen molar-refractivity contribution in [3.05, 3.63) is 81.4 Å². The molecule has 1 aliphatic heterocycles. The van der Waals surface area contributed by atoms with E-state index in [1.807, 2.05) is 38.1 Å². The van der Waals surface area contributed by atoms with Crippen LogP contribution in [0.3, 0.4) is 0 Å². The van der Waals surface area contributed by atoms with Crippen molar-refractivity contribution < 1.29 is 13.9 Å². The molecule has 2 aromatic carbocycles. The average molecular weight is 454 g/mol. The number of anilines is 1. The summed E-state index contributed by atoms with van der Waals surface area (Å²) in [5.41, 5.74) is 1.44. The van der Waals surface area contributed by atoms with Crippen LogP contribution in [0.5, 0.6) is 5.75 Å². The molecule has 0 radical (unpaired) electrons. The van der Waals surface area contributed by atoms with Gasteiger partial charge in [0, 0.05) is 25.1 Å². The molecule has 1 N–H and O–H groups in total. The number of fused-ring (bicyclic) bond motifs is 1. The Labute approximate surface area is 189 Å². The van der Waals surface area contributed by atoms with E-state index in [-0.39, 0.29) is 29.8 Å². The molecule has 1 atom stereocenters. The van der Waals surface area contributed by atoms with E-state index < -0.39 is 5.92 Å². The Balaban J connectivity index is 1.67. The predicted molar refractivity (Wildman–Crippen MR) is 123 cm³/mol. The highest BCUT2D eigenvalue weighted by Gasteiger charge is 2.32. The maximum Gasteiger partial charge on any atom is 0.279 e. The van der Waals surface area contributed by atoms with Crippen molar-refractivity contribution in [3.8, 4) is 5.75 Å². The normalized spacial score (nSPS) is 15.4. The highest BCUT2D eigenvalue weighted by atomic mass is 32.2. The summed E-state index contributed by atoms with van der Waals surface area (Å²) < 4.78 is 21.4. The number of thioether (sulfide) groups is 1. The number of benzene rings is 2. The van der Waals surface area contributed by atoms with Crippen LogP contribution in [0.2, 0.25) is 0 Å². The molecular weight excluding hydrogens is 429 g/mol. The minimum Gasteiger partial charge on any atom is -0.491 e. The first-order chi connectivity index (χ1) is 15.3. The molecule has 0 saturated heterocycles. The molecule has 0 spiro atoms. The van der Waals surface area contributed by atoms with Crippen LogP contribution in [-0.2, 0) is 17.6 Å². The fraction of sp³-hybridized carbons (Fsp3) is 0.292. The van der Waals surface area contributed by atoms with Crippen molar-refractivity contribution in [3.63, 3.8) is 0 Å². The van der Waals surface area contributed by atoms with Gasteiger partial charge in [-0.2, -0.15) is 4.98 Å². The summed E-state index contributed by atoms with van der Waals surface area (Å²) in [6, 6.07) is 13.9. The molecular formula is C24H24FN3O3S. The van der Waals surface area contributed by atoms with E-state index in [0.29, 0.717) is 27.9 Å². The summed E-state index contributed by atoms with van der Waals surface area (Å²) in [4.78, 5) is 29.8. The third-order valence-electron chi connectivity index (χ3n) is 5.27. The fourth-order valence-corrected chi connectivity index (χ4v) is 4.71. The Hall–Kier alpha value is -3.13.